The average molecular weight is 378 g/mol. The average Bonchev–Trinajstić information content (AvgIpc) is 3.19. The lowest BCUT2D eigenvalue weighted by molar-refractivity contribution is -0.140. The molecule has 3 aromatic rings. The van der Waals surface area contributed by atoms with Crippen LogP contribution in [0.5, 0.6) is 0 Å². The van der Waals surface area contributed by atoms with E-state index in [1.807, 2.05) is 18.3 Å². The minimum atomic E-state index is -0.283. The first-order chi connectivity index (χ1) is 12.1. The first-order valence-corrected chi connectivity index (χ1v) is 8.92. The van der Waals surface area contributed by atoms with Crippen molar-refractivity contribution in [2.45, 2.75) is 12.8 Å². The Labute approximate surface area is 153 Å². The molecule has 130 valence electrons. The number of halogens is 1. The van der Waals surface area contributed by atoms with Crippen LogP contribution in [-0.2, 0) is 9.53 Å². The van der Waals surface area contributed by atoms with E-state index >= 15 is 0 Å². The second-order valence-corrected chi connectivity index (χ2v) is 6.62. The summed E-state index contributed by atoms with van der Waals surface area (Å²) >= 11 is 7.31. The van der Waals surface area contributed by atoms with Crippen molar-refractivity contribution in [3.05, 3.63) is 46.6 Å². The predicted molar refractivity (Wildman–Crippen MR) is 97.1 cm³/mol. The van der Waals surface area contributed by atoms with Crippen LogP contribution in [0.1, 0.15) is 23.3 Å². The van der Waals surface area contributed by atoms with Gasteiger partial charge in [-0.25, -0.2) is 4.98 Å². The summed E-state index contributed by atoms with van der Waals surface area (Å²) in [5.41, 5.74) is 2.23. The van der Waals surface area contributed by atoms with E-state index in [0.717, 1.165) is 16.2 Å². The molecule has 1 N–H and O–H groups in total. The standard InChI is InChI=1S/C17H16ClN3O3S/c1-24-15(22)3-2-8-19-16(23)14-10-25-17-20-13(9-21(14)17)11-4-6-12(18)7-5-11/h4-7,9-10H,2-3,8H2,1H3,(H,19,23). The number of hydrogen-bond donors (Lipinski definition) is 1. The lowest BCUT2D eigenvalue weighted by atomic mass is 10.2. The van der Waals surface area contributed by atoms with Gasteiger partial charge < -0.3 is 10.1 Å². The van der Waals surface area contributed by atoms with Gasteiger partial charge in [0.15, 0.2) is 4.96 Å². The molecule has 0 atom stereocenters. The van der Waals surface area contributed by atoms with E-state index < -0.39 is 0 Å². The van der Waals surface area contributed by atoms with Crippen LogP contribution < -0.4 is 5.32 Å². The number of methoxy groups -OCH3 is 1. The van der Waals surface area contributed by atoms with Crippen molar-refractivity contribution in [3.63, 3.8) is 0 Å². The highest BCUT2D eigenvalue weighted by Crippen LogP contribution is 2.24. The number of amides is 1. The molecule has 0 aliphatic rings. The lowest BCUT2D eigenvalue weighted by Gasteiger charge is -2.03. The maximum atomic E-state index is 12.3. The monoisotopic (exact) mass is 377 g/mol. The number of esters is 1. The molecule has 0 aliphatic heterocycles. The minimum absolute atomic E-state index is 0.198. The number of aromatic nitrogens is 2. The maximum absolute atomic E-state index is 12.3. The molecule has 6 nitrogen and oxygen atoms in total. The molecular formula is C17H16ClN3O3S. The summed E-state index contributed by atoms with van der Waals surface area (Å²) in [5, 5.41) is 5.24. The number of nitrogens with zero attached hydrogens (tertiary/aromatic N) is 2. The van der Waals surface area contributed by atoms with Gasteiger partial charge in [-0.1, -0.05) is 23.7 Å². The van der Waals surface area contributed by atoms with E-state index in [0.29, 0.717) is 23.7 Å². The summed E-state index contributed by atoms with van der Waals surface area (Å²) in [6.07, 6.45) is 2.64. The topological polar surface area (TPSA) is 72.7 Å². The number of imidazole rings is 1. The van der Waals surface area contributed by atoms with Crippen molar-refractivity contribution >= 4 is 39.8 Å². The molecule has 0 fully saturated rings. The third-order valence-corrected chi connectivity index (χ3v) is 4.74. The summed E-state index contributed by atoms with van der Waals surface area (Å²) < 4.78 is 6.34. The summed E-state index contributed by atoms with van der Waals surface area (Å²) in [5.74, 6) is -0.481. The van der Waals surface area contributed by atoms with Gasteiger partial charge in [-0.2, -0.15) is 0 Å². The largest absolute Gasteiger partial charge is 0.469 e. The Balaban J connectivity index is 1.71. The highest BCUT2D eigenvalue weighted by atomic mass is 35.5. The molecule has 0 aliphatic carbocycles. The summed E-state index contributed by atoms with van der Waals surface area (Å²) in [4.78, 5) is 28.7. The van der Waals surface area contributed by atoms with Gasteiger partial charge in [-0.05, 0) is 18.6 Å². The van der Waals surface area contributed by atoms with Crippen LogP contribution >= 0.6 is 22.9 Å². The van der Waals surface area contributed by atoms with E-state index in [-0.39, 0.29) is 18.3 Å². The number of rotatable bonds is 6. The Kier molecular flexibility index (Phi) is 5.35. The molecule has 0 spiro atoms. The van der Waals surface area contributed by atoms with E-state index in [4.69, 9.17) is 11.6 Å². The van der Waals surface area contributed by atoms with Gasteiger partial charge in [0.25, 0.3) is 5.91 Å². The number of carbonyl (C=O) groups excluding carboxylic acids is 2. The third-order valence-electron chi connectivity index (χ3n) is 3.65. The molecule has 2 aromatic heterocycles. The van der Waals surface area contributed by atoms with Gasteiger partial charge in [0.2, 0.25) is 0 Å². The molecule has 8 heteroatoms. The van der Waals surface area contributed by atoms with Crippen LogP contribution in [0.15, 0.2) is 35.8 Å². The van der Waals surface area contributed by atoms with Gasteiger partial charge in [-0.3, -0.25) is 14.0 Å². The zero-order valence-corrected chi connectivity index (χ0v) is 15.1. The Morgan fingerprint density at radius 3 is 2.80 bits per heavy atom. The Hall–Kier alpha value is -2.38. The SMILES string of the molecule is COC(=O)CCCNC(=O)c1csc2nc(-c3ccc(Cl)cc3)cn12. The van der Waals surface area contributed by atoms with Crippen molar-refractivity contribution in [1.82, 2.24) is 14.7 Å². The van der Waals surface area contributed by atoms with Crippen molar-refractivity contribution in [1.29, 1.82) is 0 Å². The van der Waals surface area contributed by atoms with Crippen molar-refractivity contribution in [3.8, 4) is 11.3 Å². The van der Waals surface area contributed by atoms with Crippen LogP contribution in [0.25, 0.3) is 16.2 Å². The Morgan fingerprint density at radius 2 is 2.08 bits per heavy atom. The molecule has 0 unspecified atom stereocenters. The highest BCUT2D eigenvalue weighted by Gasteiger charge is 2.15. The molecule has 0 saturated heterocycles. The van der Waals surface area contributed by atoms with Crippen LogP contribution in [0, 0.1) is 0 Å². The smallest absolute Gasteiger partial charge is 0.305 e. The summed E-state index contributed by atoms with van der Waals surface area (Å²) in [7, 11) is 1.35. The van der Waals surface area contributed by atoms with Crippen LogP contribution in [-0.4, -0.2) is 34.9 Å². The van der Waals surface area contributed by atoms with Crippen molar-refractivity contribution < 1.29 is 14.3 Å². The van der Waals surface area contributed by atoms with Gasteiger partial charge in [0, 0.05) is 35.1 Å². The molecule has 0 bridgehead atoms. The fourth-order valence-corrected chi connectivity index (χ4v) is 3.31. The number of fused-ring (bicyclic) bond motifs is 1. The lowest BCUT2D eigenvalue weighted by Crippen LogP contribution is -2.26. The first-order valence-electron chi connectivity index (χ1n) is 7.66. The van der Waals surface area contributed by atoms with E-state index in [2.05, 4.69) is 15.0 Å². The van der Waals surface area contributed by atoms with Gasteiger partial charge in [0.1, 0.15) is 5.69 Å². The normalized spacial score (nSPS) is 10.8. The van der Waals surface area contributed by atoms with E-state index in [1.165, 1.54) is 18.4 Å². The van der Waals surface area contributed by atoms with Crippen molar-refractivity contribution in [2.75, 3.05) is 13.7 Å². The fourth-order valence-electron chi connectivity index (χ4n) is 2.33. The van der Waals surface area contributed by atoms with Crippen LogP contribution in [0.2, 0.25) is 5.02 Å². The number of hydrogen-bond acceptors (Lipinski definition) is 5. The Bertz CT molecular complexity index is 902. The third kappa shape index (κ3) is 4.00. The van der Waals surface area contributed by atoms with E-state index in [1.54, 1.807) is 21.9 Å². The zero-order valence-electron chi connectivity index (χ0n) is 13.5. The summed E-state index contributed by atoms with van der Waals surface area (Å²) in [6.45, 7) is 0.407. The molecule has 2 heterocycles. The first kappa shape index (κ1) is 17.4. The van der Waals surface area contributed by atoms with Crippen molar-refractivity contribution in [2.24, 2.45) is 0 Å². The van der Waals surface area contributed by atoms with Crippen LogP contribution in [0.4, 0.5) is 0 Å². The minimum Gasteiger partial charge on any atom is -0.469 e. The molecular weight excluding hydrogens is 362 g/mol. The molecule has 1 aromatic carbocycles. The molecule has 3 rings (SSSR count). The zero-order chi connectivity index (χ0) is 17.8. The second kappa shape index (κ2) is 7.67. The maximum Gasteiger partial charge on any atom is 0.305 e. The summed E-state index contributed by atoms with van der Waals surface area (Å²) in [6, 6.07) is 7.39. The Morgan fingerprint density at radius 1 is 1.32 bits per heavy atom. The van der Waals surface area contributed by atoms with E-state index in [9.17, 15) is 9.59 Å². The molecule has 25 heavy (non-hydrogen) atoms. The number of nitrogens with one attached hydrogen (secondary N) is 1. The highest BCUT2D eigenvalue weighted by molar-refractivity contribution is 7.15. The van der Waals surface area contributed by atoms with Gasteiger partial charge in [0.05, 0.1) is 12.8 Å². The predicted octanol–water partition coefficient (Wildman–Crippen LogP) is 3.40. The number of carbonyl (C=O) groups is 2. The number of ether oxygens (including phenoxy) is 1. The molecule has 0 saturated carbocycles. The fraction of sp³-hybridized carbons (Fsp3) is 0.235. The molecule has 1 amide bonds. The second-order valence-electron chi connectivity index (χ2n) is 5.34. The number of thiazole rings is 1. The van der Waals surface area contributed by atoms with Gasteiger partial charge >= 0.3 is 5.97 Å². The molecule has 0 radical (unpaired) electrons. The quantitative estimate of drug-likeness (QED) is 0.528. The van der Waals surface area contributed by atoms with Gasteiger partial charge in [-0.15, -0.1) is 11.3 Å². The van der Waals surface area contributed by atoms with Crippen LogP contribution in [0.3, 0.4) is 0 Å². The number of benzene rings is 1.